The third-order valence-electron chi connectivity index (χ3n) is 2.77. The van der Waals surface area contributed by atoms with Gasteiger partial charge < -0.3 is 5.11 Å². The van der Waals surface area contributed by atoms with Crippen LogP contribution >= 0.6 is 11.6 Å². The highest BCUT2D eigenvalue weighted by Gasteiger charge is 2.08. The first-order valence-corrected chi connectivity index (χ1v) is 6.22. The van der Waals surface area contributed by atoms with Crippen LogP contribution in [0.25, 0.3) is 11.6 Å². The quantitative estimate of drug-likeness (QED) is 0.376. The standard InChI is InChI=1S/C15H9ClN2O3/c16-13-4-2-11(3-5-13)12(9-17)7-10-1-6-15(19)14(8-10)18(20)21/h1-8,19H/p-1/b12-7-. The van der Waals surface area contributed by atoms with Crippen LogP contribution in [0.2, 0.25) is 5.02 Å². The van der Waals surface area contributed by atoms with Crippen LogP contribution in [0.1, 0.15) is 11.1 Å². The number of nitro benzene ring substituents is 1. The van der Waals surface area contributed by atoms with Crippen LogP contribution < -0.4 is 5.11 Å². The van der Waals surface area contributed by atoms with Crippen LogP contribution in [0.3, 0.4) is 0 Å². The predicted octanol–water partition coefficient (Wildman–Crippen LogP) is 3.39. The molecule has 0 bridgehead atoms. The third kappa shape index (κ3) is 3.38. The summed E-state index contributed by atoms with van der Waals surface area (Å²) in [6, 6.07) is 12.4. The molecule has 0 aliphatic rings. The highest BCUT2D eigenvalue weighted by Crippen LogP contribution is 2.26. The van der Waals surface area contributed by atoms with Gasteiger partial charge in [0.1, 0.15) is 0 Å². The third-order valence-corrected chi connectivity index (χ3v) is 3.02. The molecule has 2 rings (SSSR count). The average Bonchev–Trinajstić information content (AvgIpc) is 2.47. The van der Waals surface area contributed by atoms with Crippen LogP contribution in [0.5, 0.6) is 5.75 Å². The maximum absolute atomic E-state index is 11.3. The number of hydrogen-bond acceptors (Lipinski definition) is 4. The molecule has 0 saturated carbocycles. The van der Waals surface area contributed by atoms with Gasteiger partial charge in [0.05, 0.1) is 16.6 Å². The van der Waals surface area contributed by atoms with Gasteiger partial charge in [0.25, 0.3) is 5.69 Å². The Bertz CT molecular complexity index is 761. The van der Waals surface area contributed by atoms with E-state index in [4.69, 9.17) is 11.6 Å². The SMILES string of the molecule is N#C/C(=C/c1ccc([O-])c([N+](=O)[O-])c1)c1ccc(Cl)cc1. The first-order chi connectivity index (χ1) is 10.0. The van der Waals surface area contributed by atoms with Crippen molar-refractivity contribution >= 4 is 28.9 Å². The molecule has 0 atom stereocenters. The molecule has 0 amide bonds. The van der Waals surface area contributed by atoms with Gasteiger partial charge in [-0.3, -0.25) is 10.1 Å². The summed E-state index contributed by atoms with van der Waals surface area (Å²) in [5.41, 5.74) is 0.848. The fraction of sp³-hybridized carbons (Fsp3) is 0. The van der Waals surface area contributed by atoms with Gasteiger partial charge in [-0.2, -0.15) is 5.26 Å². The normalized spacial score (nSPS) is 11.0. The average molecular weight is 300 g/mol. The first-order valence-electron chi connectivity index (χ1n) is 5.84. The molecule has 0 aliphatic heterocycles. The van der Waals surface area contributed by atoms with Crippen LogP contribution in [-0.4, -0.2) is 4.92 Å². The van der Waals surface area contributed by atoms with Gasteiger partial charge in [0.2, 0.25) is 0 Å². The summed E-state index contributed by atoms with van der Waals surface area (Å²) in [7, 11) is 0. The van der Waals surface area contributed by atoms with E-state index in [-0.39, 0.29) is 0 Å². The lowest BCUT2D eigenvalue weighted by molar-refractivity contribution is -0.398. The highest BCUT2D eigenvalue weighted by atomic mass is 35.5. The highest BCUT2D eigenvalue weighted by molar-refractivity contribution is 6.30. The topological polar surface area (TPSA) is 90.0 Å². The van der Waals surface area contributed by atoms with E-state index >= 15 is 0 Å². The van der Waals surface area contributed by atoms with E-state index in [2.05, 4.69) is 0 Å². The maximum atomic E-state index is 11.3. The summed E-state index contributed by atoms with van der Waals surface area (Å²) >= 11 is 5.78. The second-order valence-corrected chi connectivity index (χ2v) is 4.60. The molecule has 0 aromatic heterocycles. The molecule has 6 heteroatoms. The minimum absolute atomic E-state index is 0.319. The Hall–Kier alpha value is -2.84. The lowest BCUT2D eigenvalue weighted by Gasteiger charge is -2.07. The van der Waals surface area contributed by atoms with Crippen molar-refractivity contribution < 1.29 is 10.0 Å². The van der Waals surface area contributed by atoms with Gasteiger partial charge in [-0.05, 0) is 35.1 Å². The Labute approximate surface area is 125 Å². The van der Waals surface area contributed by atoms with E-state index in [0.717, 1.165) is 12.1 Å². The van der Waals surface area contributed by atoms with E-state index in [1.54, 1.807) is 24.3 Å². The lowest BCUT2D eigenvalue weighted by atomic mass is 10.0. The number of nitro groups is 1. The van der Waals surface area contributed by atoms with Gasteiger partial charge >= 0.3 is 0 Å². The molecule has 0 heterocycles. The molecular weight excluding hydrogens is 292 g/mol. The molecule has 0 fully saturated rings. The van der Waals surface area contributed by atoms with Crippen molar-refractivity contribution in [2.75, 3.05) is 0 Å². The van der Waals surface area contributed by atoms with Gasteiger partial charge in [0, 0.05) is 11.1 Å². The number of benzene rings is 2. The molecule has 2 aromatic carbocycles. The van der Waals surface area contributed by atoms with Gasteiger partial charge in [0.15, 0.2) is 0 Å². The smallest absolute Gasteiger partial charge is 0.262 e. The van der Waals surface area contributed by atoms with Gasteiger partial charge in [-0.1, -0.05) is 35.9 Å². The number of rotatable bonds is 3. The predicted molar refractivity (Wildman–Crippen MR) is 77.5 cm³/mol. The van der Waals surface area contributed by atoms with Crippen LogP contribution in [0.15, 0.2) is 42.5 Å². The molecule has 2 aromatic rings. The fourth-order valence-electron chi connectivity index (χ4n) is 1.74. The molecule has 21 heavy (non-hydrogen) atoms. The van der Waals surface area contributed by atoms with Crippen LogP contribution in [0, 0.1) is 21.4 Å². The van der Waals surface area contributed by atoms with Gasteiger partial charge in [-0.25, -0.2) is 0 Å². The zero-order chi connectivity index (χ0) is 15.4. The zero-order valence-corrected chi connectivity index (χ0v) is 11.4. The Balaban J connectivity index is 2.46. The number of hydrogen-bond donors (Lipinski definition) is 0. The largest absolute Gasteiger partial charge is 0.868 e. The number of nitriles is 1. The van der Waals surface area contributed by atoms with Crippen molar-refractivity contribution in [1.82, 2.24) is 0 Å². The zero-order valence-electron chi connectivity index (χ0n) is 10.6. The molecule has 104 valence electrons. The van der Waals surface area contributed by atoms with E-state index in [9.17, 15) is 20.5 Å². The van der Waals surface area contributed by atoms with Crippen molar-refractivity contribution in [3.63, 3.8) is 0 Å². The fourth-order valence-corrected chi connectivity index (χ4v) is 1.87. The number of nitrogens with zero attached hydrogens (tertiary/aromatic N) is 2. The van der Waals surface area contributed by atoms with E-state index in [1.807, 2.05) is 6.07 Å². The summed E-state index contributed by atoms with van der Waals surface area (Å²) in [5.74, 6) is -0.665. The maximum Gasteiger partial charge on any atom is 0.262 e. The minimum atomic E-state index is -0.742. The molecular formula is C15H8ClN2O3-. The number of allylic oxidation sites excluding steroid dienone is 1. The molecule has 0 spiro atoms. The Morgan fingerprint density at radius 3 is 2.48 bits per heavy atom. The van der Waals surface area contributed by atoms with Crippen LogP contribution in [0.4, 0.5) is 5.69 Å². The summed E-state index contributed by atoms with van der Waals surface area (Å²) in [4.78, 5) is 10.00. The Morgan fingerprint density at radius 2 is 1.90 bits per heavy atom. The number of halogens is 1. The van der Waals surface area contributed by atoms with Gasteiger partial charge in [-0.15, -0.1) is 0 Å². The van der Waals surface area contributed by atoms with Crippen molar-refractivity contribution in [1.29, 1.82) is 5.26 Å². The molecule has 0 unspecified atom stereocenters. The summed E-state index contributed by atoms with van der Waals surface area (Å²) in [5, 5.41) is 31.8. The second kappa shape index (κ2) is 6.07. The molecule has 0 radical (unpaired) electrons. The molecule has 5 nitrogen and oxygen atoms in total. The molecule has 0 aliphatic carbocycles. The molecule has 0 N–H and O–H groups in total. The Morgan fingerprint density at radius 1 is 1.24 bits per heavy atom. The first kappa shape index (κ1) is 14.6. The van der Waals surface area contributed by atoms with E-state index in [1.165, 1.54) is 12.1 Å². The summed E-state index contributed by atoms with van der Waals surface area (Å²) < 4.78 is 0. The van der Waals surface area contributed by atoms with Crippen LogP contribution in [-0.2, 0) is 0 Å². The van der Waals surface area contributed by atoms with Crippen molar-refractivity contribution in [3.05, 3.63) is 68.7 Å². The van der Waals surface area contributed by atoms with E-state index in [0.29, 0.717) is 21.7 Å². The van der Waals surface area contributed by atoms with E-state index < -0.39 is 16.4 Å². The summed E-state index contributed by atoms with van der Waals surface area (Å²) in [6.07, 6.45) is 1.48. The van der Waals surface area contributed by atoms with Crippen molar-refractivity contribution in [2.24, 2.45) is 0 Å². The Kier molecular flexibility index (Phi) is 4.21. The monoisotopic (exact) mass is 299 g/mol. The minimum Gasteiger partial charge on any atom is -0.868 e. The second-order valence-electron chi connectivity index (χ2n) is 4.16. The summed E-state index contributed by atoms with van der Waals surface area (Å²) in [6.45, 7) is 0. The van der Waals surface area contributed by atoms with Crippen molar-refractivity contribution in [2.45, 2.75) is 0 Å². The lowest BCUT2D eigenvalue weighted by Crippen LogP contribution is -1.97. The van der Waals surface area contributed by atoms with Crippen molar-refractivity contribution in [3.8, 4) is 11.8 Å². The molecule has 0 saturated heterocycles.